The zero-order valence-corrected chi connectivity index (χ0v) is 12.9. The minimum Gasteiger partial charge on any atom is -0.465 e. The largest absolute Gasteiger partial charge is 0.465 e. The zero-order chi connectivity index (χ0) is 16.3. The Kier molecular flexibility index (Phi) is 5.01. The first-order valence-corrected chi connectivity index (χ1v) is 7.69. The second-order valence-corrected chi connectivity index (χ2v) is 5.71. The second kappa shape index (κ2) is 6.60. The third-order valence-electron chi connectivity index (χ3n) is 4.53. The Morgan fingerprint density at radius 2 is 1.86 bits per heavy atom. The molecular weight excluding hydrogens is 288 g/mol. The van der Waals surface area contributed by atoms with E-state index in [0.717, 1.165) is 0 Å². The van der Waals surface area contributed by atoms with Crippen molar-refractivity contribution in [3.05, 3.63) is 12.2 Å². The molecule has 1 fully saturated rings. The summed E-state index contributed by atoms with van der Waals surface area (Å²) in [6, 6.07) is 0. The van der Waals surface area contributed by atoms with E-state index in [2.05, 4.69) is 0 Å². The van der Waals surface area contributed by atoms with Crippen molar-refractivity contribution in [2.24, 2.45) is 17.8 Å². The summed E-state index contributed by atoms with van der Waals surface area (Å²) < 4.78 is 9.96. The van der Waals surface area contributed by atoms with Crippen molar-refractivity contribution in [2.45, 2.75) is 38.7 Å². The van der Waals surface area contributed by atoms with Gasteiger partial charge in [0.25, 0.3) is 0 Å². The third-order valence-corrected chi connectivity index (χ3v) is 4.53. The number of Topliss-reactive ketones (excluding diaryl/α,β-unsaturated/α-hetero) is 1. The van der Waals surface area contributed by atoms with Crippen LogP contribution in [-0.4, -0.2) is 41.6 Å². The molecule has 2 rings (SSSR count). The molecule has 1 N–H and O–H groups in total. The molecule has 0 spiro atoms. The lowest BCUT2D eigenvalue weighted by Crippen LogP contribution is -2.44. The van der Waals surface area contributed by atoms with Gasteiger partial charge in [-0.1, -0.05) is 12.2 Å². The lowest BCUT2D eigenvalue weighted by Gasteiger charge is -2.34. The minimum absolute atomic E-state index is 0.00879. The van der Waals surface area contributed by atoms with Crippen molar-refractivity contribution in [3.8, 4) is 0 Å². The van der Waals surface area contributed by atoms with Crippen LogP contribution in [0.3, 0.4) is 0 Å². The summed E-state index contributed by atoms with van der Waals surface area (Å²) in [4.78, 5) is 36.6. The van der Waals surface area contributed by atoms with Gasteiger partial charge < -0.3 is 14.6 Å². The lowest BCUT2D eigenvalue weighted by atomic mass is 9.73. The van der Waals surface area contributed by atoms with Gasteiger partial charge in [0, 0.05) is 18.8 Å². The van der Waals surface area contributed by atoms with Gasteiger partial charge in [-0.05, 0) is 26.2 Å². The molecule has 2 aliphatic carbocycles. The molecule has 1 saturated carbocycles. The highest BCUT2D eigenvalue weighted by Crippen LogP contribution is 2.48. The molecule has 0 aromatic heterocycles. The highest BCUT2D eigenvalue weighted by atomic mass is 16.6. The number of ether oxygens (including phenoxy) is 2. The van der Waals surface area contributed by atoms with Crippen molar-refractivity contribution in [1.82, 2.24) is 0 Å². The van der Waals surface area contributed by atoms with Gasteiger partial charge in [0.1, 0.15) is 5.60 Å². The van der Waals surface area contributed by atoms with Crippen molar-refractivity contribution < 1.29 is 29.0 Å². The van der Waals surface area contributed by atoms with Crippen LogP contribution in [0.1, 0.15) is 33.1 Å². The number of allylic oxidation sites excluding steroid dienone is 1. The van der Waals surface area contributed by atoms with Gasteiger partial charge in [-0.25, -0.2) is 0 Å². The van der Waals surface area contributed by atoms with Crippen molar-refractivity contribution >= 4 is 17.7 Å². The van der Waals surface area contributed by atoms with E-state index in [9.17, 15) is 19.5 Å². The number of hydrogen-bond donors (Lipinski definition) is 1. The van der Waals surface area contributed by atoms with E-state index in [1.165, 1.54) is 0 Å². The van der Waals surface area contributed by atoms with Crippen molar-refractivity contribution in [1.29, 1.82) is 0 Å². The summed E-state index contributed by atoms with van der Waals surface area (Å²) >= 11 is 0. The first-order chi connectivity index (χ1) is 10.5. The predicted molar refractivity (Wildman–Crippen MR) is 76.7 cm³/mol. The summed E-state index contributed by atoms with van der Waals surface area (Å²) in [5.41, 5.74) is -1.48. The van der Waals surface area contributed by atoms with Crippen LogP contribution in [0.15, 0.2) is 12.2 Å². The van der Waals surface area contributed by atoms with E-state index < -0.39 is 35.3 Å². The van der Waals surface area contributed by atoms with Crippen LogP contribution in [0.5, 0.6) is 0 Å². The first-order valence-electron chi connectivity index (χ1n) is 7.69. The van der Waals surface area contributed by atoms with Gasteiger partial charge in [0.2, 0.25) is 0 Å². The fraction of sp³-hybridized carbons (Fsp3) is 0.688. The average molecular weight is 310 g/mol. The Morgan fingerprint density at radius 1 is 1.27 bits per heavy atom. The van der Waals surface area contributed by atoms with Crippen LogP contribution in [0.2, 0.25) is 0 Å². The number of ketones is 1. The van der Waals surface area contributed by atoms with E-state index >= 15 is 0 Å². The molecule has 0 aliphatic heterocycles. The van der Waals surface area contributed by atoms with Crippen LogP contribution in [-0.2, 0) is 23.9 Å². The summed E-state index contributed by atoms with van der Waals surface area (Å²) in [6.45, 7) is 3.59. The minimum atomic E-state index is -1.48. The highest BCUT2D eigenvalue weighted by molar-refractivity contribution is 5.98. The molecule has 0 saturated heterocycles. The Balaban J connectivity index is 2.31. The maximum atomic E-state index is 12.2. The third kappa shape index (κ3) is 2.79. The lowest BCUT2D eigenvalue weighted by molar-refractivity contribution is -0.166. The Labute approximate surface area is 129 Å². The number of esters is 2. The summed E-state index contributed by atoms with van der Waals surface area (Å²) in [5, 5.41) is 10.6. The van der Waals surface area contributed by atoms with Crippen LogP contribution in [0.4, 0.5) is 0 Å². The molecule has 0 heterocycles. The molecule has 3 atom stereocenters. The fourth-order valence-corrected chi connectivity index (χ4v) is 3.49. The molecule has 122 valence electrons. The van der Waals surface area contributed by atoms with Gasteiger partial charge >= 0.3 is 11.9 Å². The van der Waals surface area contributed by atoms with Gasteiger partial charge in [-0.15, -0.1) is 0 Å². The van der Waals surface area contributed by atoms with E-state index in [1.807, 2.05) is 6.08 Å². The van der Waals surface area contributed by atoms with Gasteiger partial charge in [-0.2, -0.15) is 0 Å². The fourth-order valence-electron chi connectivity index (χ4n) is 3.49. The maximum absolute atomic E-state index is 12.2. The topological polar surface area (TPSA) is 89.9 Å². The smallest absolute Gasteiger partial charge is 0.320 e. The number of rotatable bonds is 5. The molecular formula is C16H22O6. The van der Waals surface area contributed by atoms with E-state index in [4.69, 9.17) is 9.47 Å². The van der Waals surface area contributed by atoms with E-state index in [0.29, 0.717) is 6.42 Å². The van der Waals surface area contributed by atoms with Crippen LogP contribution in [0.25, 0.3) is 0 Å². The average Bonchev–Trinajstić information content (AvgIpc) is 2.72. The summed E-state index contributed by atoms with van der Waals surface area (Å²) in [7, 11) is 0. The second-order valence-electron chi connectivity index (χ2n) is 5.71. The number of carbonyl (C=O) groups is 3. The molecule has 6 nitrogen and oxygen atoms in total. The number of fused-ring (bicyclic) bond motifs is 1. The van der Waals surface area contributed by atoms with Crippen molar-refractivity contribution in [3.63, 3.8) is 0 Å². The summed E-state index contributed by atoms with van der Waals surface area (Å²) in [5.74, 6) is -3.88. The maximum Gasteiger partial charge on any atom is 0.320 e. The van der Waals surface area contributed by atoms with E-state index in [1.54, 1.807) is 19.9 Å². The molecule has 0 aromatic carbocycles. The van der Waals surface area contributed by atoms with Gasteiger partial charge in [-0.3, -0.25) is 14.4 Å². The molecule has 0 radical (unpaired) electrons. The standard InChI is InChI=1S/C16H22O6/c1-3-21-14(18)13(15(19)22-4-2)10-9-12(17)16(20)8-6-5-7-11(10)16/h5-6,10-11,13,20H,3-4,7-9H2,1-2H3/t10?,11-,16-/m1/s1. The molecule has 0 aromatic rings. The Morgan fingerprint density at radius 3 is 2.41 bits per heavy atom. The number of carbonyl (C=O) groups excluding carboxylic acids is 3. The quantitative estimate of drug-likeness (QED) is 0.463. The van der Waals surface area contributed by atoms with Gasteiger partial charge in [0.15, 0.2) is 11.7 Å². The Bertz CT molecular complexity index is 479. The molecule has 22 heavy (non-hydrogen) atoms. The highest BCUT2D eigenvalue weighted by Gasteiger charge is 2.58. The SMILES string of the molecule is CCOC(=O)C(C(=O)OCC)C1CC(=O)[C@@]2(O)CC=CC[C@H]12. The predicted octanol–water partition coefficient (Wildman–Crippen LogP) is 1.02. The Hall–Kier alpha value is -1.69. The molecule has 0 bridgehead atoms. The molecule has 1 unspecified atom stereocenters. The van der Waals surface area contributed by atoms with Crippen molar-refractivity contribution in [2.75, 3.05) is 13.2 Å². The normalized spacial score (nSPS) is 30.3. The summed E-state index contributed by atoms with van der Waals surface area (Å²) in [6.07, 6.45) is 4.32. The van der Waals surface area contributed by atoms with Crippen LogP contribution in [0, 0.1) is 17.8 Å². The molecule has 2 aliphatic rings. The van der Waals surface area contributed by atoms with E-state index in [-0.39, 0.29) is 31.8 Å². The zero-order valence-electron chi connectivity index (χ0n) is 12.9. The van der Waals surface area contributed by atoms with Crippen LogP contribution < -0.4 is 0 Å². The first kappa shape index (κ1) is 16.7. The number of aliphatic hydroxyl groups is 1. The number of hydrogen-bond acceptors (Lipinski definition) is 6. The monoisotopic (exact) mass is 310 g/mol. The van der Waals surface area contributed by atoms with Crippen LogP contribution >= 0.6 is 0 Å². The molecule has 6 heteroatoms. The molecule has 0 amide bonds. The van der Waals surface area contributed by atoms with Gasteiger partial charge in [0.05, 0.1) is 13.2 Å².